The average Bonchev–Trinajstić information content (AvgIpc) is 3.28. The van der Waals surface area contributed by atoms with Crippen molar-refractivity contribution in [1.29, 1.82) is 0 Å². The Bertz CT molecular complexity index is 1250. The molecule has 4 N–H and O–H groups in total. The second kappa shape index (κ2) is 9.40. The second-order valence-electron chi connectivity index (χ2n) is 10.0. The Kier molecular flexibility index (Phi) is 6.74. The van der Waals surface area contributed by atoms with Crippen LogP contribution in [0.15, 0.2) is 36.5 Å². The zero-order valence-electron chi connectivity index (χ0n) is 20.4. The fourth-order valence-electron chi connectivity index (χ4n) is 4.60. The van der Waals surface area contributed by atoms with Gasteiger partial charge in [-0.25, -0.2) is 9.37 Å². The predicted octanol–water partition coefficient (Wildman–Crippen LogP) is 1.72. The van der Waals surface area contributed by atoms with Crippen molar-refractivity contribution >= 4 is 23.1 Å². The lowest BCUT2D eigenvalue weighted by atomic mass is 9.78. The lowest BCUT2D eigenvalue weighted by Crippen LogP contribution is -2.65. The largest absolute Gasteiger partial charge is 0.420 e. The molecule has 2 aromatic rings. The van der Waals surface area contributed by atoms with Crippen molar-refractivity contribution in [1.82, 2.24) is 19.8 Å². The maximum Gasteiger partial charge on any atom is 0.420 e. The molecule has 37 heavy (non-hydrogen) atoms. The minimum Gasteiger partial charge on any atom is -0.380 e. The standard InChI is InChI=1S/C25H27F4N5O3/c1-23(2)14-33(22(36)24(37)8-3-9-24)10-11-34(23)21(35)19-13-31-20(32-19)17(25(27,28)29)12-18(30)15-4-6-16(26)7-5-15/h4-7,12-13,30,37H,3,8-11,14H2,1-2H3,(H,31,32)/p+1/b17-12+,30-18?. The molecule has 0 unspecified atom stereocenters. The molecule has 0 atom stereocenters. The molecular formula is C25H28F4N5O3+. The molecule has 12 heteroatoms. The smallest absolute Gasteiger partial charge is 0.380 e. The number of benzene rings is 1. The number of alkyl halides is 3. The van der Waals surface area contributed by atoms with E-state index in [0.717, 1.165) is 24.8 Å². The minimum atomic E-state index is -4.85. The number of carbonyl (C=O) groups excluding carboxylic acids is 2. The van der Waals surface area contributed by atoms with Crippen molar-refractivity contribution in [2.75, 3.05) is 19.6 Å². The molecule has 0 spiro atoms. The van der Waals surface area contributed by atoms with E-state index >= 15 is 0 Å². The number of amides is 2. The van der Waals surface area contributed by atoms with Crippen molar-refractivity contribution < 1.29 is 37.7 Å². The summed E-state index contributed by atoms with van der Waals surface area (Å²) >= 11 is 0. The van der Waals surface area contributed by atoms with Crippen LogP contribution in [0.3, 0.4) is 0 Å². The van der Waals surface area contributed by atoms with E-state index in [4.69, 9.17) is 5.41 Å². The number of nitrogens with zero attached hydrogens (tertiary/aromatic N) is 3. The number of aromatic amines is 1. The lowest BCUT2D eigenvalue weighted by molar-refractivity contribution is -0.164. The number of hydrogen-bond donors (Lipinski definition) is 3. The van der Waals surface area contributed by atoms with E-state index in [1.807, 2.05) is 0 Å². The van der Waals surface area contributed by atoms with Crippen LogP contribution >= 0.6 is 0 Å². The van der Waals surface area contributed by atoms with Gasteiger partial charge in [0, 0.05) is 31.3 Å². The molecule has 1 saturated heterocycles. The number of rotatable bonds is 5. The van der Waals surface area contributed by atoms with Crippen LogP contribution in [0.1, 0.15) is 55.0 Å². The number of nitrogens with one attached hydrogen (secondary N) is 1. The Morgan fingerprint density at radius 1 is 1.16 bits per heavy atom. The third-order valence-electron chi connectivity index (χ3n) is 6.86. The number of halogens is 4. The molecule has 1 aromatic heterocycles. The van der Waals surface area contributed by atoms with Crippen LogP contribution in [0.4, 0.5) is 17.6 Å². The first-order valence-corrected chi connectivity index (χ1v) is 11.8. The van der Waals surface area contributed by atoms with Crippen LogP contribution < -0.4 is 5.41 Å². The van der Waals surface area contributed by atoms with Crippen LogP contribution in [0.2, 0.25) is 0 Å². The SMILES string of the molecule is CC1(C)CN(C(=O)C2(O)CCC2)CCN1C(=O)c1cnc(/C(=C\C(=[NH2+])c2ccc(F)cc2)C(F)(F)F)[nH]1. The number of aliphatic hydroxyl groups is 1. The van der Waals surface area contributed by atoms with E-state index in [9.17, 15) is 32.3 Å². The van der Waals surface area contributed by atoms with Gasteiger partial charge in [-0.2, -0.15) is 13.2 Å². The summed E-state index contributed by atoms with van der Waals surface area (Å²) in [6.45, 7) is 3.97. The highest BCUT2D eigenvalue weighted by Crippen LogP contribution is 2.36. The van der Waals surface area contributed by atoms with Gasteiger partial charge in [-0.05, 0) is 57.4 Å². The summed E-state index contributed by atoms with van der Waals surface area (Å²) in [6, 6.07) is 4.66. The number of imidazole rings is 1. The van der Waals surface area contributed by atoms with Gasteiger partial charge in [-0.15, -0.1) is 0 Å². The van der Waals surface area contributed by atoms with Gasteiger partial charge >= 0.3 is 6.18 Å². The van der Waals surface area contributed by atoms with Crippen LogP contribution in [-0.2, 0) is 4.79 Å². The number of allylic oxidation sites excluding steroid dienone is 2. The van der Waals surface area contributed by atoms with Gasteiger partial charge in [0.2, 0.25) is 5.71 Å². The van der Waals surface area contributed by atoms with E-state index in [1.54, 1.807) is 13.8 Å². The molecule has 2 fully saturated rings. The van der Waals surface area contributed by atoms with E-state index in [2.05, 4.69) is 9.97 Å². The predicted molar refractivity (Wildman–Crippen MR) is 126 cm³/mol. The summed E-state index contributed by atoms with van der Waals surface area (Å²) in [6.07, 6.45) is -1.57. The summed E-state index contributed by atoms with van der Waals surface area (Å²) in [4.78, 5) is 35.2. The van der Waals surface area contributed by atoms with E-state index in [0.29, 0.717) is 18.9 Å². The molecule has 2 heterocycles. The highest BCUT2D eigenvalue weighted by molar-refractivity contribution is 6.08. The number of aromatic nitrogens is 2. The Morgan fingerprint density at radius 3 is 2.35 bits per heavy atom. The molecule has 2 amide bonds. The van der Waals surface area contributed by atoms with Crippen LogP contribution in [0.5, 0.6) is 0 Å². The van der Waals surface area contributed by atoms with E-state index in [1.165, 1.54) is 21.9 Å². The lowest BCUT2D eigenvalue weighted by Gasteiger charge is -2.49. The Morgan fingerprint density at radius 2 is 1.81 bits per heavy atom. The summed E-state index contributed by atoms with van der Waals surface area (Å²) in [7, 11) is 0. The van der Waals surface area contributed by atoms with Gasteiger partial charge in [0.05, 0.1) is 11.7 Å². The topological polar surface area (TPSA) is 115 Å². The Hall–Kier alpha value is -3.54. The number of piperazine rings is 1. The molecule has 8 nitrogen and oxygen atoms in total. The zero-order chi connectivity index (χ0) is 27.2. The molecule has 0 bridgehead atoms. The van der Waals surface area contributed by atoms with Gasteiger partial charge in [0.25, 0.3) is 11.8 Å². The van der Waals surface area contributed by atoms with Gasteiger partial charge < -0.3 is 19.9 Å². The van der Waals surface area contributed by atoms with E-state index < -0.39 is 40.4 Å². The number of carbonyl (C=O) groups is 2. The monoisotopic (exact) mass is 522 g/mol. The molecule has 1 aliphatic heterocycles. The average molecular weight is 523 g/mol. The molecule has 0 radical (unpaired) electrons. The molecule has 1 aromatic carbocycles. The van der Waals surface area contributed by atoms with Crippen molar-refractivity contribution in [3.8, 4) is 0 Å². The van der Waals surface area contributed by atoms with Crippen molar-refractivity contribution in [3.63, 3.8) is 0 Å². The highest BCUT2D eigenvalue weighted by atomic mass is 19.4. The third-order valence-corrected chi connectivity index (χ3v) is 6.86. The summed E-state index contributed by atoms with van der Waals surface area (Å²) in [5.74, 6) is -2.09. The maximum atomic E-state index is 13.9. The Balaban J connectivity index is 1.54. The summed E-state index contributed by atoms with van der Waals surface area (Å²) < 4.78 is 54.8. The number of H-pyrrole nitrogens is 1. The first-order valence-electron chi connectivity index (χ1n) is 11.8. The second-order valence-corrected chi connectivity index (χ2v) is 10.0. The maximum absolute atomic E-state index is 13.9. The van der Waals surface area contributed by atoms with Crippen LogP contribution in [0, 0.1) is 5.82 Å². The molecule has 1 saturated carbocycles. The van der Waals surface area contributed by atoms with Crippen molar-refractivity contribution in [3.05, 3.63) is 59.4 Å². The van der Waals surface area contributed by atoms with Crippen molar-refractivity contribution in [2.24, 2.45) is 0 Å². The van der Waals surface area contributed by atoms with Gasteiger partial charge in [-0.1, -0.05) is 0 Å². The fourth-order valence-corrected chi connectivity index (χ4v) is 4.60. The molecule has 4 rings (SSSR count). The van der Waals surface area contributed by atoms with Gasteiger partial charge in [-0.3, -0.25) is 15.0 Å². The van der Waals surface area contributed by atoms with Gasteiger partial charge in [0.15, 0.2) is 0 Å². The van der Waals surface area contributed by atoms with Crippen LogP contribution in [-0.4, -0.2) is 79.4 Å². The third kappa shape index (κ3) is 5.29. The first kappa shape index (κ1) is 26.5. The van der Waals surface area contributed by atoms with Crippen molar-refractivity contribution in [2.45, 2.75) is 50.4 Å². The summed E-state index contributed by atoms with van der Waals surface area (Å²) in [5, 5.41) is 16.2. The fraction of sp³-hybridized carbons (Fsp3) is 0.440. The van der Waals surface area contributed by atoms with Crippen LogP contribution in [0.25, 0.3) is 5.57 Å². The zero-order valence-corrected chi connectivity index (χ0v) is 20.4. The number of nitrogens with two attached hydrogens (primary N) is 1. The highest BCUT2D eigenvalue weighted by Gasteiger charge is 2.48. The Labute approximate surface area is 210 Å². The normalized spacial score (nSPS) is 19.4. The summed E-state index contributed by atoms with van der Waals surface area (Å²) in [5.41, 5.74) is -3.63. The first-order chi connectivity index (χ1) is 17.2. The minimum absolute atomic E-state index is 0.134. The molecule has 2 aliphatic rings. The quantitative estimate of drug-likeness (QED) is 0.410. The number of hydrogen-bond acceptors (Lipinski definition) is 4. The molecular weight excluding hydrogens is 494 g/mol. The molecule has 1 aliphatic carbocycles. The molecule has 198 valence electrons. The van der Waals surface area contributed by atoms with Gasteiger partial charge in [0.1, 0.15) is 28.5 Å². The van der Waals surface area contributed by atoms with E-state index in [-0.39, 0.29) is 42.5 Å².